The monoisotopic (exact) mass is 410 g/mol. The normalized spacial score (nSPS) is 10.6. The van der Waals surface area contributed by atoms with E-state index >= 15 is 0 Å². The van der Waals surface area contributed by atoms with Crippen LogP contribution in [0.1, 0.15) is 21.5 Å². The second-order valence-corrected chi connectivity index (χ2v) is 6.74. The largest absolute Gasteiger partial charge is 0.452 e. The first-order valence-electron chi connectivity index (χ1n) is 7.95. The van der Waals surface area contributed by atoms with E-state index < -0.39 is 29.2 Å². The van der Waals surface area contributed by atoms with Gasteiger partial charge >= 0.3 is 5.97 Å². The molecule has 2 aromatic rings. The van der Waals surface area contributed by atoms with E-state index in [0.29, 0.717) is 5.56 Å². The minimum Gasteiger partial charge on any atom is -0.452 e. The topological polar surface area (TPSA) is 98.5 Å². The van der Waals surface area contributed by atoms with Gasteiger partial charge in [0, 0.05) is 11.0 Å². The van der Waals surface area contributed by atoms with Crippen molar-refractivity contribution in [1.29, 1.82) is 0 Å². The van der Waals surface area contributed by atoms with Crippen LogP contribution >= 0.6 is 11.8 Å². The van der Waals surface area contributed by atoms with Crippen LogP contribution in [0.5, 0.6) is 0 Å². The Morgan fingerprint density at radius 2 is 1.86 bits per heavy atom. The van der Waals surface area contributed by atoms with Gasteiger partial charge < -0.3 is 10.1 Å². The molecule has 0 saturated carbocycles. The molecule has 0 aliphatic carbocycles. The second-order valence-electron chi connectivity index (χ2n) is 5.71. The van der Waals surface area contributed by atoms with Gasteiger partial charge in [-0.15, -0.1) is 0 Å². The SMILES string of the molecule is Cc1cc(NC(=O)COC(=O)c2ccccc2SC(F)F)c([N+](=O)[O-])cc1C. The number of thioether (sulfide) groups is 1. The van der Waals surface area contributed by atoms with E-state index in [4.69, 9.17) is 4.74 Å². The maximum atomic E-state index is 12.6. The van der Waals surface area contributed by atoms with Gasteiger partial charge in [-0.25, -0.2) is 4.79 Å². The van der Waals surface area contributed by atoms with Crippen LogP contribution in [0.15, 0.2) is 41.3 Å². The van der Waals surface area contributed by atoms with Crippen LogP contribution in [0.25, 0.3) is 0 Å². The molecule has 28 heavy (non-hydrogen) atoms. The quantitative estimate of drug-likeness (QED) is 0.316. The van der Waals surface area contributed by atoms with Crippen LogP contribution in [0, 0.1) is 24.0 Å². The van der Waals surface area contributed by atoms with Gasteiger partial charge in [0.05, 0.1) is 10.5 Å². The third kappa shape index (κ3) is 5.49. The number of nitrogens with one attached hydrogen (secondary N) is 1. The zero-order valence-electron chi connectivity index (χ0n) is 14.9. The fourth-order valence-electron chi connectivity index (χ4n) is 2.28. The number of carbonyl (C=O) groups is 2. The van der Waals surface area contributed by atoms with E-state index in [0.717, 1.165) is 5.56 Å². The molecule has 10 heteroatoms. The van der Waals surface area contributed by atoms with Gasteiger partial charge in [-0.05, 0) is 43.2 Å². The average molecular weight is 410 g/mol. The lowest BCUT2D eigenvalue weighted by atomic mass is 10.1. The van der Waals surface area contributed by atoms with Crippen LogP contribution in [0.3, 0.4) is 0 Å². The predicted octanol–water partition coefficient (Wildman–Crippen LogP) is 4.32. The Balaban J connectivity index is 2.07. The molecule has 0 aromatic heterocycles. The first-order valence-corrected chi connectivity index (χ1v) is 8.83. The summed E-state index contributed by atoms with van der Waals surface area (Å²) < 4.78 is 30.0. The van der Waals surface area contributed by atoms with Crippen molar-refractivity contribution in [3.05, 3.63) is 63.2 Å². The van der Waals surface area contributed by atoms with Gasteiger partial charge in [-0.2, -0.15) is 8.78 Å². The number of benzene rings is 2. The molecule has 0 radical (unpaired) electrons. The molecule has 0 spiro atoms. The molecule has 1 amide bonds. The minimum atomic E-state index is -2.72. The van der Waals surface area contributed by atoms with E-state index in [1.54, 1.807) is 13.8 Å². The Morgan fingerprint density at radius 3 is 2.50 bits per heavy atom. The molecule has 0 fully saturated rings. The summed E-state index contributed by atoms with van der Waals surface area (Å²) in [5.74, 6) is -4.46. The predicted molar refractivity (Wildman–Crippen MR) is 99.8 cm³/mol. The van der Waals surface area contributed by atoms with Crippen molar-refractivity contribution in [2.24, 2.45) is 0 Å². The van der Waals surface area contributed by atoms with Gasteiger partial charge in [-0.3, -0.25) is 14.9 Å². The number of carbonyl (C=O) groups excluding carboxylic acids is 2. The Morgan fingerprint density at radius 1 is 1.21 bits per heavy atom. The molecular weight excluding hydrogens is 394 g/mol. The molecule has 2 aromatic carbocycles. The Bertz CT molecular complexity index is 921. The lowest BCUT2D eigenvalue weighted by Crippen LogP contribution is -2.21. The number of amides is 1. The molecule has 7 nitrogen and oxygen atoms in total. The molecular formula is C18H16F2N2O5S. The number of anilines is 1. The highest BCUT2D eigenvalue weighted by atomic mass is 32.2. The second kappa shape index (κ2) is 9.27. The molecule has 1 N–H and O–H groups in total. The van der Waals surface area contributed by atoms with Gasteiger partial charge in [-0.1, -0.05) is 23.9 Å². The fraction of sp³-hybridized carbons (Fsp3) is 0.222. The number of nitro groups is 1. The number of rotatable bonds is 7. The standard InChI is InChI=1S/C18H16F2N2O5S/c1-10-7-13(14(22(25)26)8-11(10)2)21-16(23)9-27-17(24)12-5-3-4-6-15(12)28-18(19)20/h3-8,18H,9H2,1-2H3,(H,21,23). The number of nitro benzene ring substituents is 1. The molecule has 0 unspecified atom stereocenters. The number of halogens is 2. The Kier molecular flexibility index (Phi) is 7.05. The van der Waals surface area contributed by atoms with Crippen LogP contribution in [-0.4, -0.2) is 29.2 Å². The fourth-order valence-corrected chi connectivity index (χ4v) is 2.91. The first-order chi connectivity index (χ1) is 13.2. The molecule has 0 atom stereocenters. The number of hydrogen-bond donors (Lipinski definition) is 1. The number of hydrogen-bond acceptors (Lipinski definition) is 6. The van der Waals surface area contributed by atoms with E-state index in [9.17, 15) is 28.5 Å². The van der Waals surface area contributed by atoms with Crippen molar-refractivity contribution in [1.82, 2.24) is 0 Å². The molecule has 2 rings (SSSR count). The van der Waals surface area contributed by atoms with Gasteiger partial charge in [0.2, 0.25) is 0 Å². The summed E-state index contributed by atoms with van der Waals surface area (Å²) in [5.41, 5.74) is 1.00. The number of esters is 1. The number of nitrogens with zero attached hydrogens (tertiary/aromatic N) is 1. The van der Waals surface area contributed by atoms with Gasteiger partial charge in [0.25, 0.3) is 17.4 Å². The summed E-state index contributed by atoms with van der Waals surface area (Å²) in [5, 5.41) is 13.5. The van der Waals surface area contributed by atoms with Crippen LogP contribution in [0.2, 0.25) is 0 Å². The van der Waals surface area contributed by atoms with Crippen molar-refractivity contribution >= 4 is 35.0 Å². The van der Waals surface area contributed by atoms with Crippen molar-refractivity contribution in [2.75, 3.05) is 11.9 Å². The summed E-state index contributed by atoms with van der Waals surface area (Å²) >= 11 is 0.189. The average Bonchev–Trinajstić information content (AvgIpc) is 2.62. The highest BCUT2D eigenvalue weighted by Gasteiger charge is 2.20. The van der Waals surface area contributed by atoms with Crippen molar-refractivity contribution in [3.8, 4) is 0 Å². The summed E-state index contributed by atoms with van der Waals surface area (Å²) in [7, 11) is 0. The molecule has 148 valence electrons. The molecule has 0 aliphatic rings. The third-order valence-electron chi connectivity index (χ3n) is 3.74. The number of ether oxygens (including phenoxy) is 1. The lowest BCUT2D eigenvalue weighted by Gasteiger charge is -2.10. The summed E-state index contributed by atoms with van der Waals surface area (Å²) in [4.78, 5) is 34.7. The summed E-state index contributed by atoms with van der Waals surface area (Å²) in [6.45, 7) is 2.70. The maximum Gasteiger partial charge on any atom is 0.339 e. The van der Waals surface area contributed by atoms with Gasteiger partial charge in [0.1, 0.15) is 5.69 Å². The number of alkyl halides is 2. The highest BCUT2D eigenvalue weighted by Crippen LogP contribution is 2.29. The van der Waals surface area contributed by atoms with E-state index in [-0.39, 0.29) is 33.6 Å². The zero-order valence-corrected chi connectivity index (χ0v) is 15.7. The lowest BCUT2D eigenvalue weighted by molar-refractivity contribution is -0.384. The Labute approximate surface area is 163 Å². The zero-order chi connectivity index (χ0) is 20.8. The van der Waals surface area contributed by atoms with Crippen LogP contribution in [-0.2, 0) is 9.53 Å². The summed E-state index contributed by atoms with van der Waals surface area (Å²) in [6, 6.07) is 8.39. The smallest absolute Gasteiger partial charge is 0.339 e. The van der Waals surface area contributed by atoms with Crippen molar-refractivity contribution < 1.29 is 28.0 Å². The minimum absolute atomic E-state index is 0.0210. The molecule has 0 aliphatic heterocycles. The van der Waals surface area contributed by atoms with E-state index in [1.807, 2.05) is 0 Å². The Hall–Kier alpha value is -3.01. The van der Waals surface area contributed by atoms with Gasteiger partial charge in [0.15, 0.2) is 6.61 Å². The van der Waals surface area contributed by atoms with Crippen LogP contribution in [0.4, 0.5) is 20.2 Å². The van der Waals surface area contributed by atoms with E-state index in [1.165, 1.54) is 36.4 Å². The molecule has 0 heterocycles. The third-order valence-corrected chi connectivity index (χ3v) is 4.53. The summed E-state index contributed by atoms with van der Waals surface area (Å²) in [6.07, 6.45) is 0. The highest BCUT2D eigenvalue weighted by molar-refractivity contribution is 7.99. The molecule has 0 saturated heterocycles. The van der Waals surface area contributed by atoms with Crippen LogP contribution < -0.4 is 5.32 Å². The number of aryl methyl sites for hydroxylation is 2. The van der Waals surface area contributed by atoms with Crippen molar-refractivity contribution in [3.63, 3.8) is 0 Å². The van der Waals surface area contributed by atoms with E-state index in [2.05, 4.69) is 5.32 Å². The van der Waals surface area contributed by atoms with Crippen molar-refractivity contribution in [2.45, 2.75) is 24.5 Å². The first kappa shape index (κ1) is 21.3. The maximum absolute atomic E-state index is 12.6. The molecule has 0 bridgehead atoms.